The predicted octanol–water partition coefficient (Wildman–Crippen LogP) is 1.12. The first-order valence-electron chi connectivity index (χ1n) is 5.04. The molecule has 0 spiro atoms. The maximum absolute atomic E-state index is 11.4. The molecule has 1 unspecified atom stereocenters. The number of carbonyl (C=O) groups excluding carboxylic acids is 1. The number of hydrogen-bond acceptors (Lipinski definition) is 5. The average Bonchev–Trinajstić information content (AvgIpc) is 2.31. The summed E-state index contributed by atoms with van der Waals surface area (Å²) in [5.41, 5.74) is 6.49. The lowest BCUT2D eigenvalue weighted by molar-refractivity contribution is -0.385. The number of carbonyl (C=O) groups is 1. The highest BCUT2D eigenvalue weighted by atomic mass is 16.6. The molecular weight excluding hydrogens is 224 g/mol. The lowest BCUT2D eigenvalue weighted by atomic mass is 9.97. The van der Waals surface area contributed by atoms with Gasteiger partial charge < -0.3 is 10.5 Å². The van der Waals surface area contributed by atoms with Crippen molar-refractivity contribution in [2.45, 2.75) is 12.8 Å². The molecule has 0 aliphatic carbocycles. The van der Waals surface area contributed by atoms with E-state index in [1.165, 1.54) is 13.2 Å². The molecule has 92 valence electrons. The number of benzene rings is 1. The molecule has 0 amide bonds. The zero-order valence-corrected chi connectivity index (χ0v) is 9.67. The monoisotopic (exact) mass is 238 g/mol. The van der Waals surface area contributed by atoms with Gasteiger partial charge in [0, 0.05) is 18.2 Å². The number of aryl methyl sites for hydroxylation is 1. The maximum Gasteiger partial charge on any atom is 0.314 e. The van der Waals surface area contributed by atoms with Crippen molar-refractivity contribution >= 4 is 11.7 Å². The van der Waals surface area contributed by atoms with Crippen LogP contribution in [-0.2, 0) is 9.53 Å². The van der Waals surface area contributed by atoms with Gasteiger partial charge in [0.15, 0.2) is 0 Å². The first kappa shape index (κ1) is 13.1. The highest BCUT2D eigenvalue weighted by molar-refractivity contribution is 5.78. The van der Waals surface area contributed by atoms with Gasteiger partial charge in [0.1, 0.15) is 0 Å². The third-order valence-electron chi connectivity index (χ3n) is 2.55. The zero-order chi connectivity index (χ0) is 13.0. The van der Waals surface area contributed by atoms with E-state index in [0.29, 0.717) is 11.1 Å². The van der Waals surface area contributed by atoms with Gasteiger partial charge >= 0.3 is 5.97 Å². The molecule has 0 saturated heterocycles. The van der Waals surface area contributed by atoms with E-state index in [1.54, 1.807) is 19.1 Å². The van der Waals surface area contributed by atoms with Crippen LogP contribution in [0.5, 0.6) is 0 Å². The fourth-order valence-electron chi connectivity index (χ4n) is 1.55. The molecule has 6 nitrogen and oxygen atoms in total. The minimum absolute atomic E-state index is 0.0233. The summed E-state index contributed by atoms with van der Waals surface area (Å²) in [5, 5.41) is 10.8. The Kier molecular flexibility index (Phi) is 4.17. The van der Waals surface area contributed by atoms with Gasteiger partial charge in [-0.3, -0.25) is 14.9 Å². The van der Waals surface area contributed by atoms with Crippen LogP contribution in [0, 0.1) is 17.0 Å². The molecule has 0 aliphatic rings. The smallest absolute Gasteiger partial charge is 0.314 e. The summed E-state index contributed by atoms with van der Waals surface area (Å²) in [4.78, 5) is 21.7. The van der Waals surface area contributed by atoms with Crippen LogP contribution in [0.2, 0.25) is 0 Å². The van der Waals surface area contributed by atoms with E-state index in [4.69, 9.17) is 5.73 Å². The van der Waals surface area contributed by atoms with Crippen molar-refractivity contribution in [3.05, 3.63) is 39.4 Å². The van der Waals surface area contributed by atoms with Crippen LogP contribution in [-0.4, -0.2) is 24.5 Å². The zero-order valence-electron chi connectivity index (χ0n) is 9.67. The van der Waals surface area contributed by atoms with Crippen molar-refractivity contribution in [2.75, 3.05) is 13.7 Å². The van der Waals surface area contributed by atoms with E-state index in [-0.39, 0.29) is 12.2 Å². The van der Waals surface area contributed by atoms with E-state index >= 15 is 0 Å². The Labute approximate surface area is 98.5 Å². The number of rotatable bonds is 4. The summed E-state index contributed by atoms with van der Waals surface area (Å²) in [6.07, 6.45) is 0. The van der Waals surface area contributed by atoms with Crippen LogP contribution in [0.15, 0.2) is 18.2 Å². The molecule has 0 fully saturated rings. The van der Waals surface area contributed by atoms with Crippen molar-refractivity contribution in [3.63, 3.8) is 0 Å². The fraction of sp³-hybridized carbons (Fsp3) is 0.364. The SMILES string of the molecule is COC(=O)C(CN)c1ccc(C)c([N+](=O)[O-])c1. The molecule has 17 heavy (non-hydrogen) atoms. The van der Waals surface area contributed by atoms with Crippen molar-refractivity contribution in [2.24, 2.45) is 5.73 Å². The highest BCUT2D eigenvalue weighted by Gasteiger charge is 2.22. The van der Waals surface area contributed by atoms with E-state index < -0.39 is 16.8 Å². The Bertz CT molecular complexity index is 445. The second kappa shape index (κ2) is 5.40. The summed E-state index contributed by atoms with van der Waals surface area (Å²) < 4.78 is 4.60. The van der Waals surface area contributed by atoms with Gasteiger partial charge in [-0.25, -0.2) is 0 Å². The molecule has 2 N–H and O–H groups in total. The molecule has 0 aliphatic heterocycles. The molecule has 0 saturated carbocycles. The van der Waals surface area contributed by atoms with Gasteiger partial charge in [-0.05, 0) is 12.5 Å². The number of nitro benzene ring substituents is 1. The number of ether oxygens (including phenoxy) is 1. The van der Waals surface area contributed by atoms with Gasteiger partial charge in [-0.15, -0.1) is 0 Å². The predicted molar refractivity (Wildman–Crippen MR) is 61.6 cm³/mol. The quantitative estimate of drug-likeness (QED) is 0.481. The Morgan fingerprint density at radius 2 is 2.24 bits per heavy atom. The lowest BCUT2D eigenvalue weighted by Gasteiger charge is -2.12. The number of nitrogens with zero attached hydrogens (tertiary/aromatic N) is 1. The fourth-order valence-corrected chi connectivity index (χ4v) is 1.55. The summed E-state index contributed by atoms with van der Waals surface area (Å²) in [6, 6.07) is 4.61. The molecule has 0 radical (unpaired) electrons. The first-order valence-corrected chi connectivity index (χ1v) is 5.04. The second-order valence-electron chi connectivity index (χ2n) is 3.61. The number of methoxy groups -OCH3 is 1. The van der Waals surface area contributed by atoms with E-state index in [9.17, 15) is 14.9 Å². The van der Waals surface area contributed by atoms with Gasteiger partial charge in [0.25, 0.3) is 5.69 Å². The molecule has 0 heterocycles. The van der Waals surface area contributed by atoms with Crippen LogP contribution in [0.1, 0.15) is 17.0 Å². The standard InChI is InChI=1S/C11H14N2O4/c1-7-3-4-8(5-10(7)13(15)16)9(6-12)11(14)17-2/h3-5,9H,6,12H2,1-2H3. The second-order valence-corrected chi connectivity index (χ2v) is 3.61. The van der Waals surface area contributed by atoms with E-state index in [0.717, 1.165) is 0 Å². The number of nitrogens with two attached hydrogens (primary N) is 1. The largest absolute Gasteiger partial charge is 0.469 e. The van der Waals surface area contributed by atoms with E-state index in [1.807, 2.05) is 0 Å². The molecule has 1 rings (SSSR count). The van der Waals surface area contributed by atoms with Gasteiger partial charge in [-0.2, -0.15) is 0 Å². The minimum atomic E-state index is -0.667. The molecule has 1 atom stereocenters. The first-order chi connectivity index (χ1) is 8.01. The molecule has 6 heteroatoms. The Morgan fingerprint density at radius 3 is 2.71 bits per heavy atom. The van der Waals surface area contributed by atoms with Crippen LogP contribution in [0.25, 0.3) is 0 Å². The summed E-state index contributed by atoms with van der Waals surface area (Å²) >= 11 is 0. The summed E-state index contributed by atoms with van der Waals surface area (Å²) in [5.74, 6) is -1.16. The van der Waals surface area contributed by atoms with Crippen molar-refractivity contribution in [1.29, 1.82) is 0 Å². The van der Waals surface area contributed by atoms with Crippen molar-refractivity contribution in [1.82, 2.24) is 0 Å². The van der Waals surface area contributed by atoms with Crippen molar-refractivity contribution in [3.8, 4) is 0 Å². The summed E-state index contributed by atoms with van der Waals surface area (Å²) in [6.45, 7) is 1.68. The maximum atomic E-state index is 11.4. The average molecular weight is 238 g/mol. The third kappa shape index (κ3) is 2.79. The van der Waals surface area contributed by atoms with Crippen LogP contribution < -0.4 is 5.73 Å². The Hall–Kier alpha value is -1.95. The highest BCUT2D eigenvalue weighted by Crippen LogP contribution is 2.24. The van der Waals surface area contributed by atoms with E-state index in [2.05, 4.69) is 4.74 Å². The van der Waals surface area contributed by atoms with Gasteiger partial charge in [0.05, 0.1) is 18.0 Å². The normalized spacial score (nSPS) is 11.9. The summed E-state index contributed by atoms with van der Waals surface area (Å²) in [7, 11) is 1.26. The lowest BCUT2D eigenvalue weighted by Crippen LogP contribution is -2.22. The number of hydrogen-bond donors (Lipinski definition) is 1. The topological polar surface area (TPSA) is 95.5 Å². The minimum Gasteiger partial charge on any atom is -0.469 e. The third-order valence-corrected chi connectivity index (χ3v) is 2.55. The van der Waals surface area contributed by atoms with Gasteiger partial charge in [0.2, 0.25) is 0 Å². The van der Waals surface area contributed by atoms with Crippen LogP contribution in [0.4, 0.5) is 5.69 Å². The number of nitro groups is 1. The molecule has 1 aromatic rings. The Balaban J connectivity index is 3.18. The van der Waals surface area contributed by atoms with Crippen LogP contribution >= 0.6 is 0 Å². The molecule has 0 bridgehead atoms. The van der Waals surface area contributed by atoms with Crippen molar-refractivity contribution < 1.29 is 14.5 Å². The molecule has 0 aromatic heterocycles. The Morgan fingerprint density at radius 1 is 1.59 bits per heavy atom. The molecule has 1 aromatic carbocycles. The van der Waals surface area contributed by atoms with Crippen LogP contribution in [0.3, 0.4) is 0 Å². The number of esters is 1. The molecular formula is C11H14N2O4. The van der Waals surface area contributed by atoms with Gasteiger partial charge in [-0.1, -0.05) is 12.1 Å².